The highest BCUT2D eigenvalue weighted by Crippen LogP contribution is 2.36. The van der Waals surface area contributed by atoms with Gasteiger partial charge in [-0.15, -0.1) is 6.58 Å². The lowest BCUT2D eigenvalue weighted by Gasteiger charge is -2.24. The second-order valence-electron chi connectivity index (χ2n) is 8.47. The maximum Gasteiger partial charge on any atom is 0.255 e. The quantitative estimate of drug-likeness (QED) is 0.229. The average Bonchev–Trinajstić information content (AvgIpc) is 3.19. The monoisotopic (exact) mass is 678 g/mol. The van der Waals surface area contributed by atoms with E-state index in [0.29, 0.717) is 20.9 Å². The molecule has 0 spiro atoms. The van der Waals surface area contributed by atoms with Crippen LogP contribution in [0.25, 0.3) is 22.4 Å². The molecule has 2 aromatic heterocycles. The van der Waals surface area contributed by atoms with Crippen molar-refractivity contribution in [3.8, 4) is 11.3 Å². The van der Waals surface area contributed by atoms with Gasteiger partial charge in [0.05, 0.1) is 27.0 Å². The van der Waals surface area contributed by atoms with Crippen LogP contribution in [0.2, 0.25) is 0 Å². The number of anilines is 1. The summed E-state index contributed by atoms with van der Waals surface area (Å²) in [7, 11) is -5.85. The molecule has 1 N–H and O–H groups in total. The first-order valence-electron chi connectivity index (χ1n) is 11.4. The number of nitrogens with one attached hydrogen (secondary N) is 1. The van der Waals surface area contributed by atoms with Crippen LogP contribution in [-0.4, -0.2) is 71.2 Å². The largest absolute Gasteiger partial charge is 0.437 e. The van der Waals surface area contributed by atoms with Crippen LogP contribution in [0, 0.1) is 9.39 Å². The highest BCUT2D eigenvalue weighted by molar-refractivity contribution is 14.1. The molecule has 14 heteroatoms. The third-order valence-electron chi connectivity index (χ3n) is 5.64. The van der Waals surface area contributed by atoms with E-state index in [1.165, 1.54) is 35.6 Å². The molecule has 0 saturated carbocycles. The molecular weight excluding hydrogens is 650 g/mol. The van der Waals surface area contributed by atoms with Gasteiger partial charge in [-0.1, -0.05) is 6.08 Å². The molecule has 0 aliphatic carbocycles. The van der Waals surface area contributed by atoms with Crippen LogP contribution in [0.15, 0.2) is 47.4 Å². The molecule has 0 atom stereocenters. The first-order valence-corrected chi connectivity index (χ1v) is 16.2. The number of amides is 1. The number of hydrogen-bond donors (Lipinski definition) is 1. The van der Waals surface area contributed by atoms with E-state index in [2.05, 4.69) is 16.9 Å². The van der Waals surface area contributed by atoms with Crippen LogP contribution >= 0.6 is 22.6 Å². The van der Waals surface area contributed by atoms with Crippen molar-refractivity contribution >= 4 is 65.5 Å². The summed E-state index contributed by atoms with van der Waals surface area (Å²) in [5.41, 5.74) is 0.652. The van der Waals surface area contributed by atoms with E-state index < -0.39 is 31.8 Å². The summed E-state index contributed by atoms with van der Waals surface area (Å²) in [4.78, 5) is 17.2. The van der Waals surface area contributed by atoms with E-state index in [4.69, 9.17) is 4.42 Å². The molecular formula is C24H28FIN4O6S2. The van der Waals surface area contributed by atoms with E-state index in [-0.39, 0.29) is 48.9 Å². The third-order valence-corrected chi connectivity index (χ3v) is 8.89. The number of carbonyl (C=O) groups excluding carboxylic acids is 1. The summed E-state index contributed by atoms with van der Waals surface area (Å²) in [5, 5.41) is 2.92. The number of carbonyl (C=O) groups is 1. The predicted octanol–water partition coefficient (Wildman–Crippen LogP) is 3.59. The summed E-state index contributed by atoms with van der Waals surface area (Å²) in [5.74, 6) is -0.657. The predicted molar refractivity (Wildman–Crippen MR) is 154 cm³/mol. The number of pyridine rings is 1. The summed E-state index contributed by atoms with van der Waals surface area (Å²) >= 11 is 1.93. The molecule has 0 radical (unpaired) electrons. The van der Waals surface area contributed by atoms with E-state index >= 15 is 0 Å². The number of aromatic nitrogens is 1. The third kappa shape index (κ3) is 6.90. The normalized spacial score (nSPS) is 12.2. The Bertz CT molecular complexity index is 1560. The van der Waals surface area contributed by atoms with Crippen LogP contribution < -0.4 is 9.62 Å². The van der Waals surface area contributed by atoms with Gasteiger partial charge in [0.25, 0.3) is 5.91 Å². The van der Waals surface area contributed by atoms with Gasteiger partial charge in [-0.2, -0.15) is 4.98 Å². The fourth-order valence-electron chi connectivity index (χ4n) is 3.82. The zero-order valence-corrected chi connectivity index (χ0v) is 24.9. The van der Waals surface area contributed by atoms with Gasteiger partial charge in [0.15, 0.2) is 5.82 Å². The molecule has 206 valence electrons. The van der Waals surface area contributed by atoms with Crippen LogP contribution in [0.3, 0.4) is 0 Å². The standard InChI is InChI=1S/C24H28FIN4O6S2/c1-5-6-12-29(37(3,32)33)13-7-14-30(38(4,34)35)22-19(26)15-18-20(23(31)27-2)21(36-24(18)28-22)16-8-10-17(25)11-9-16/h5,8-11,15H,1,6-7,12-14H2,2-4H3,(H,27,31). The molecule has 0 saturated heterocycles. The smallest absolute Gasteiger partial charge is 0.255 e. The van der Waals surface area contributed by atoms with Crippen molar-refractivity contribution in [3.63, 3.8) is 0 Å². The van der Waals surface area contributed by atoms with E-state index in [0.717, 1.165) is 16.8 Å². The van der Waals surface area contributed by atoms with Gasteiger partial charge < -0.3 is 9.73 Å². The first kappa shape index (κ1) is 30.0. The number of furan rings is 1. The van der Waals surface area contributed by atoms with Gasteiger partial charge in [-0.05, 0) is 65.8 Å². The Balaban J connectivity index is 2.04. The maximum absolute atomic E-state index is 13.5. The summed E-state index contributed by atoms with van der Waals surface area (Å²) < 4.78 is 71.9. The lowest BCUT2D eigenvalue weighted by atomic mass is 10.1. The fourth-order valence-corrected chi connectivity index (χ4v) is 6.52. The highest BCUT2D eigenvalue weighted by atomic mass is 127. The van der Waals surface area contributed by atoms with E-state index in [1.54, 1.807) is 12.1 Å². The van der Waals surface area contributed by atoms with Crippen LogP contribution in [0.5, 0.6) is 0 Å². The molecule has 0 unspecified atom stereocenters. The first-order chi connectivity index (χ1) is 17.8. The lowest BCUT2D eigenvalue weighted by molar-refractivity contribution is 0.0964. The minimum atomic E-state index is -3.82. The molecule has 0 aliphatic heterocycles. The SMILES string of the molecule is C=CCCN(CCCN(c1nc2oc(-c3ccc(F)cc3)c(C(=O)NC)c2cc1I)S(C)(=O)=O)S(C)(=O)=O. The molecule has 2 heterocycles. The molecule has 38 heavy (non-hydrogen) atoms. The molecule has 0 bridgehead atoms. The van der Waals surface area contributed by atoms with Crippen molar-refractivity contribution in [3.05, 3.63) is 57.9 Å². The second-order valence-corrected chi connectivity index (χ2v) is 13.5. The van der Waals surface area contributed by atoms with Crippen molar-refractivity contribution in [2.75, 3.05) is 43.5 Å². The number of sulfonamides is 2. The van der Waals surface area contributed by atoms with E-state index in [9.17, 15) is 26.0 Å². The highest BCUT2D eigenvalue weighted by Gasteiger charge is 2.28. The maximum atomic E-state index is 13.5. The van der Waals surface area contributed by atoms with Crippen molar-refractivity contribution in [2.45, 2.75) is 12.8 Å². The zero-order chi connectivity index (χ0) is 28.3. The number of rotatable bonds is 12. The molecule has 1 aromatic carbocycles. The summed E-state index contributed by atoms with van der Waals surface area (Å²) in [6, 6.07) is 7.00. The Kier molecular flexibility index (Phi) is 9.54. The Labute approximate surface area is 235 Å². The summed E-state index contributed by atoms with van der Waals surface area (Å²) in [6.45, 7) is 3.91. The Hall–Kier alpha value is -2.56. The molecule has 1 amide bonds. The number of fused-ring (bicyclic) bond motifs is 1. The molecule has 3 rings (SSSR count). The van der Waals surface area contributed by atoms with Gasteiger partial charge in [0.1, 0.15) is 11.6 Å². The minimum Gasteiger partial charge on any atom is -0.437 e. The number of halogens is 2. The summed E-state index contributed by atoms with van der Waals surface area (Å²) in [6.07, 6.45) is 4.40. The lowest BCUT2D eigenvalue weighted by Crippen LogP contribution is -2.37. The molecule has 0 fully saturated rings. The van der Waals surface area contributed by atoms with Crippen molar-refractivity contribution in [1.29, 1.82) is 0 Å². The number of hydrogen-bond acceptors (Lipinski definition) is 7. The zero-order valence-electron chi connectivity index (χ0n) is 21.1. The molecule has 3 aromatic rings. The van der Waals surface area contributed by atoms with Gasteiger partial charge in [-0.3, -0.25) is 9.10 Å². The molecule has 10 nitrogen and oxygen atoms in total. The Morgan fingerprint density at radius 1 is 1.13 bits per heavy atom. The fraction of sp³-hybridized carbons (Fsp3) is 0.333. The topological polar surface area (TPSA) is 130 Å². The molecule has 0 aliphatic rings. The van der Waals surface area contributed by atoms with Crippen LogP contribution in [0.4, 0.5) is 10.2 Å². The van der Waals surface area contributed by atoms with E-state index in [1.807, 2.05) is 22.6 Å². The Morgan fingerprint density at radius 2 is 1.79 bits per heavy atom. The van der Waals surface area contributed by atoms with Crippen molar-refractivity contribution < 1.29 is 30.4 Å². The minimum absolute atomic E-state index is 0.0238. The average molecular weight is 679 g/mol. The number of benzene rings is 1. The van der Waals surface area contributed by atoms with Crippen molar-refractivity contribution in [2.24, 2.45) is 0 Å². The van der Waals surface area contributed by atoms with Crippen LogP contribution in [-0.2, 0) is 20.0 Å². The van der Waals surface area contributed by atoms with Gasteiger partial charge in [-0.25, -0.2) is 25.5 Å². The van der Waals surface area contributed by atoms with Gasteiger partial charge >= 0.3 is 0 Å². The van der Waals surface area contributed by atoms with Gasteiger partial charge in [0.2, 0.25) is 25.8 Å². The van der Waals surface area contributed by atoms with Gasteiger partial charge in [0, 0.05) is 32.2 Å². The number of nitrogens with zero attached hydrogens (tertiary/aromatic N) is 3. The Morgan fingerprint density at radius 3 is 2.34 bits per heavy atom. The second kappa shape index (κ2) is 12.1. The van der Waals surface area contributed by atoms with Crippen LogP contribution in [0.1, 0.15) is 23.2 Å². The van der Waals surface area contributed by atoms with Crippen molar-refractivity contribution in [1.82, 2.24) is 14.6 Å².